The minimum absolute atomic E-state index is 0.135. The number of carboxylic acid groups (broad SMARTS) is 1. The summed E-state index contributed by atoms with van der Waals surface area (Å²) >= 11 is 13.4. The topological polar surface area (TPSA) is 124 Å². The molecular formula is C41H45Cl2N5O5. The smallest absolute Gasteiger partial charge is 0.352 e. The fourth-order valence-corrected chi connectivity index (χ4v) is 8.02. The van der Waals surface area contributed by atoms with Gasteiger partial charge in [-0.3, -0.25) is 9.79 Å². The molecular weight excluding hydrogens is 713 g/mol. The number of aryl methyl sites for hydroxylation is 4. The number of fused-ring (bicyclic) bond motifs is 4. The predicted molar refractivity (Wildman–Crippen MR) is 215 cm³/mol. The Morgan fingerprint density at radius 1 is 1.08 bits per heavy atom. The molecule has 0 saturated carbocycles. The number of methoxy groups -OCH3 is 1. The molecule has 10 nitrogen and oxygen atoms in total. The molecule has 278 valence electrons. The van der Waals surface area contributed by atoms with Crippen LogP contribution in [0.1, 0.15) is 75.1 Å². The highest BCUT2D eigenvalue weighted by atomic mass is 35.5. The number of carboxylic acids is 1. The molecule has 12 heteroatoms. The van der Waals surface area contributed by atoms with E-state index in [9.17, 15) is 9.90 Å². The standard InChI is InChI=1S/C41H45Cl2N5O5/c1-22-15-27-19-34(41(50)51)46(12-14-52-7)37(27)33(16-22)47-21-25(4)48-38-30(10-11-32(42)35(38)31(20-44)26(5)45-6)29(39(48)40(47)49)9-8-13-53-28-17-23(2)36(43)24(3)18-28/h10-11,15-20,25H,8-9,12-14,21,44H2,1-7H3,(H,50,51)/t25-/m1/s1. The zero-order valence-electron chi connectivity index (χ0n) is 31.1. The van der Waals surface area contributed by atoms with E-state index < -0.39 is 5.97 Å². The maximum absolute atomic E-state index is 15.2. The van der Waals surface area contributed by atoms with Gasteiger partial charge in [0.15, 0.2) is 0 Å². The van der Waals surface area contributed by atoms with Gasteiger partial charge in [-0.2, -0.15) is 0 Å². The third-order valence-electron chi connectivity index (χ3n) is 10.1. The molecule has 1 atom stereocenters. The van der Waals surface area contributed by atoms with Crippen LogP contribution >= 0.6 is 23.2 Å². The Kier molecular flexibility index (Phi) is 11.0. The third kappa shape index (κ3) is 6.80. The quantitative estimate of drug-likeness (QED) is 0.0969. The van der Waals surface area contributed by atoms with Gasteiger partial charge in [0, 0.05) is 72.1 Å². The van der Waals surface area contributed by atoms with E-state index in [1.54, 1.807) is 29.7 Å². The first kappa shape index (κ1) is 38.0. The third-order valence-corrected chi connectivity index (χ3v) is 11.0. The highest BCUT2D eigenvalue weighted by Crippen LogP contribution is 2.43. The summed E-state index contributed by atoms with van der Waals surface area (Å²) in [6, 6.07) is 13.1. The molecule has 1 amide bonds. The van der Waals surface area contributed by atoms with Gasteiger partial charge in [-0.05, 0) is 106 Å². The van der Waals surface area contributed by atoms with E-state index >= 15 is 4.79 Å². The molecule has 53 heavy (non-hydrogen) atoms. The Morgan fingerprint density at radius 3 is 2.43 bits per heavy atom. The molecule has 0 saturated heterocycles. The first-order valence-corrected chi connectivity index (χ1v) is 18.4. The summed E-state index contributed by atoms with van der Waals surface area (Å²) in [7, 11) is 3.29. The van der Waals surface area contributed by atoms with Crippen LogP contribution in [0.5, 0.6) is 5.75 Å². The average Bonchev–Trinajstić information content (AvgIpc) is 3.66. The van der Waals surface area contributed by atoms with Crippen LogP contribution < -0.4 is 15.4 Å². The first-order valence-electron chi connectivity index (χ1n) is 17.6. The number of halogens is 2. The molecule has 0 spiro atoms. The van der Waals surface area contributed by atoms with Gasteiger partial charge >= 0.3 is 5.97 Å². The Hall–Kier alpha value is -4.77. The lowest BCUT2D eigenvalue weighted by Gasteiger charge is -2.35. The summed E-state index contributed by atoms with van der Waals surface area (Å²) in [5.74, 6) is -0.499. The normalized spacial score (nSPS) is 15.2. The van der Waals surface area contributed by atoms with Crippen LogP contribution in [0.25, 0.3) is 27.4 Å². The van der Waals surface area contributed by atoms with Crippen LogP contribution in [0.3, 0.4) is 0 Å². The van der Waals surface area contributed by atoms with Crippen molar-refractivity contribution in [3.05, 3.63) is 97.9 Å². The number of rotatable bonds is 12. The predicted octanol–water partition coefficient (Wildman–Crippen LogP) is 8.80. The number of aliphatic imine (C=N–C) groups is 1. The summed E-state index contributed by atoms with van der Waals surface area (Å²) in [6.07, 6.45) is 2.68. The number of carbonyl (C=O) groups excluding carboxylic acids is 1. The summed E-state index contributed by atoms with van der Waals surface area (Å²) in [5, 5.41) is 13.0. The number of aromatic nitrogens is 2. The van der Waals surface area contributed by atoms with Crippen LogP contribution in [0.4, 0.5) is 5.69 Å². The maximum atomic E-state index is 15.2. The molecule has 2 aromatic heterocycles. The van der Waals surface area contributed by atoms with Crippen molar-refractivity contribution in [1.82, 2.24) is 9.13 Å². The minimum Gasteiger partial charge on any atom is -0.494 e. The molecule has 3 heterocycles. The number of hydrogen-bond acceptors (Lipinski definition) is 6. The van der Waals surface area contributed by atoms with Crippen molar-refractivity contribution >= 4 is 73.9 Å². The van der Waals surface area contributed by atoms with Gasteiger partial charge in [-0.25, -0.2) is 4.79 Å². The number of ether oxygens (including phenoxy) is 2. The Balaban J connectivity index is 1.53. The number of anilines is 1. The Morgan fingerprint density at radius 2 is 1.79 bits per heavy atom. The molecule has 3 aromatic carbocycles. The number of allylic oxidation sites excluding steroid dienone is 1. The van der Waals surface area contributed by atoms with Crippen molar-refractivity contribution in [1.29, 1.82) is 0 Å². The molecule has 0 bridgehead atoms. The molecule has 1 aliphatic rings. The van der Waals surface area contributed by atoms with Gasteiger partial charge in [-0.1, -0.05) is 29.3 Å². The van der Waals surface area contributed by atoms with Gasteiger partial charge in [0.05, 0.1) is 35.0 Å². The number of nitrogens with two attached hydrogens (primary N) is 1. The fourth-order valence-electron chi connectivity index (χ4n) is 7.66. The van der Waals surface area contributed by atoms with E-state index in [0.29, 0.717) is 72.4 Å². The highest BCUT2D eigenvalue weighted by Gasteiger charge is 2.37. The number of aromatic carboxylic acids is 1. The lowest BCUT2D eigenvalue weighted by Crippen LogP contribution is -2.43. The molecule has 0 unspecified atom stereocenters. The fraction of sp³-hybridized carbons (Fsp3) is 0.341. The van der Waals surface area contributed by atoms with Crippen LogP contribution in [0.15, 0.2) is 53.7 Å². The van der Waals surface area contributed by atoms with Crippen LogP contribution in [0, 0.1) is 20.8 Å². The van der Waals surface area contributed by atoms with Crippen molar-refractivity contribution in [2.45, 2.75) is 60.0 Å². The number of hydrogen-bond donors (Lipinski definition) is 2. The van der Waals surface area contributed by atoms with Crippen molar-refractivity contribution in [3.63, 3.8) is 0 Å². The number of nitrogens with zero attached hydrogens (tertiary/aromatic N) is 4. The van der Waals surface area contributed by atoms with Crippen molar-refractivity contribution in [2.24, 2.45) is 10.7 Å². The summed E-state index contributed by atoms with van der Waals surface area (Å²) in [4.78, 5) is 33.8. The van der Waals surface area contributed by atoms with Crippen molar-refractivity contribution in [3.8, 4) is 5.75 Å². The average molecular weight is 759 g/mol. The molecule has 6 rings (SSSR count). The number of benzene rings is 3. The van der Waals surface area contributed by atoms with E-state index in [2.05, 4.69) is 16.5 Å². The van der Waals surface area contributed by atoms with E-state index in [-0.39, 0.29) is 17.6 Å². The summed E-state index contributed by atoms with van der Waals surface area (Å²) < 4.78 is 15.4. The zero-order valence-corrected chi connectivity index (χ0v) is 32.7. The summed E-state index contributed by atoms with van der Waals surface area (Å²) in [6.45, 7) is 11.2. The second-order valence-corrected chi connectivity index (χ2v) is 14.5. The minimum atomic E-state index is -1.05. The van der Waals surface area contributed by atoms with Crippen molar-refractivity contribution in [2.75, 3.05) is 38.8 Å². The van der Waals surface area contributed by atoms with Crippen LogP contribution in [-0.4, -0.2) is 65.7 Å². The Labute approximate surface area is 319 Å². The van der Waals surface area contributed by atoms with Gasteiger partial charge in [0.25, 0.3) is 5.91 Å². The lowest BCUT2D eigenvalue weighted by molar-refractivity contribution is 0.0683. The van der Waals surface area contributed by atoms with Crippen LogP contribution in [0.2, 0.25) is 10.0 Å². The number of carbonyl (C=O) groups is 2. The maximum Gasteiger partial charge on any atom is 0.352 e. The van der Waals surface area contributed by atoms with Gasteiger partial charge in [0.1, 0.15) is 17.1 Å². The first-order chi connectivity index (χ1) is 25.3. The van der Waals surface area contributed by atoms with Gasteiger partial charge in [-0.15, -0.1) is 0 Å². The second-order valence-electron chi connectivity index (χ2n) is 13.7. The molecule has 3 N–H and O–H groups in total. The van der Waals surface area contributed by atoms with Gasteiger partial charge in [0.2, 0.25) is 0 Å². The monoisotopic (exact) mass is 757 g/mol. The van der Waals surface area contributed by atoms with Gasteiger partial charge < -0.3 is 34.3 Å². The van der Waals surface area contributed by atoms with E-state index in [1.165, 1.54) is 6.20 Å². The van der Waals surface area contributed by atoms with E-state index in [1.807, 2.05) is 64.1 Å². The molecule has 0 radical (unpaired) electrons. The molecule has 1 aliphatic heterocycles. The Bertz CT molecular complexity index is 2310. The second kappa shape index (κ2) is 15.3. The molecule has 5 aromatic rings. The number of amides is 1. The molecule has 0 aliphatic carbocycles. The van der Waals surface area contributed by atoms with E-state index in [4.69, 9.17) is 38.4 Å². The highest BCUT2D eigenvalue weighted by molar-refractivity contribution is 6.37. The summed E-state index contributed by atoms with van der Waals surface area (Å²) in [5.41, 5.74) is 14.9. The van der Waals surface area contributed by atoms with Crippen molar-refractivity contribution < 1.29 is 24.2 Å². The lowest BCUT2D eigenvalue weighted by atomic mass is 9.97. The van der Waals surface area contributed by atoms with Crippen LogP contribution in [-0.2, 0) is 17.7 Å². The zero-order chi connectivity index (χ0) is 38.3. The SMILES string of the molecule is CN=C(C)C(=CN)c1c(Cl)ccc2c(CCCOc3cc(C)c(Cl)c(C)c3)c3n(c12)[C@H](C)CN(c1cc(C)cc2cc(C(=O)O)n(CCOC)c12)C3=O. The molecule has 0 fully saturated rings. The van der Waals surface area contributed by atoms with E-state index in [0.717, 1.165) is 54.9 Å². The largest absolute Gasteiger partial charge is 0.494 e.